The van der Waals surface area contributed by atoms with Gasteiger partial charge in [-0.05, 0) is 25.5 Å². The molecule has 0 saturated carbocycles. The van der Waals surface area contributed by atoms with Crippen molar-refractivity contribution in [2.75, 3.05) is 11.9 Å². The summed E-state index contributed by atoms with van der Waals surface area (Å²) in [7, 11) is 0. The van der Waals surface area contributed by atoms with Gasteiger partial charge in [-0.2, -0.15) is 0 Å². The molecule has 1 aliphatic rings. The Morgan fingerprint density at radius 2 is 1.89 bits per heavy atom. The van der Waals surface area contributed by atoms with Crippen LogP contribution in [0.1, 0.15) is 51.4 Å². The Kier molecular flexibility index (Phi) is 3.33. The van der Waals surface area contributed by atoms with Crippen LogP contribution in [0, 0.1) is 5.41 Å². The van der Waals surface area contributed by atoms with Gasteiger partial charge in [0, 0.05) is 17.6 Å². The Morgan fingerprint density at radius 3 is 2.47 bits per heavy atom. The fourth-order valence-electron chi connectivity index (χ4n) is 2.60. The van der Waals surface area contributed by atoms with Crippen molar-refractivity contribution >= 4 is 11.6 Å². The smallest absolute Gasteiger partial charge is 0.257 e. The van der Waals surface area contributed by atoms with Gasteiger partial charge in [0.2, 0.25) is 0 Å². The molecule has 2 rings (SSSR count). The standard InChI is InChI=1S/C16H24N2O/c1-6-11-18-14(19)12-9-7-8-10-13(12)17-16(18,5)15(2,3)4/h7-10,17H,6,11H2,1-5H3. The third kappa shape index (κ3) is 2.11. The lowest BCUT2D eigenvalue weighted by Gasteiger charge is -2.53. The van der Waals surface area contributed by atoms with Gasteiger partial charge in [-0.15, -0.1) is 0 Å². The van der Waals surface area contributed by atoms with Crippen molar-refractivity contribution in [2.24, 2.45) is 5.41 Å². The van der Waals surface area contributed by atoms with Crippen molar-refractivity contribution < 1.29 is 4.79 Å². The molecule has 1 amide bonds. The van der Waals surface area contributed by atoms with Crippen molar-refractivity contribution in [3.05, 3.63) is 29.8 Å². The Bertz CT molecular complexity index is 490. The fraction of sp³-hybridized carbons (Fsp3) is 0.562. The summed E-state index contributed by atoms with van der Waals surface area (Å²) in [5, 5.41) is 3.58. The van der Waals surface area contributed by atoms with Crippen LogP contribution in [0.15, 0.2) is 24.3 Å². The summed E-state index contributed by atoms with van der Waals surface area (Å²) < 4.78 is 0. The lowest BCUT2D eigenvalue weighted by atomic mass is 9.78. The van der Waals surface area contributed by atoms with Gasteiger partial charge >= 0.3 is 0 Å². The van der Waals surface area contributed by atoms with E-state index in [2.05, 4.69) is 39.9 Å². The molecular weight excluding hydrogens is 236 g/mol. The van der Waals surface area contributed by atoms with E-state index in [-0.39, 0.29) is 17.0 Å². The first kappa shape index (κ1) is 13.9. The lowest BCUT2D eigenvalue weighted by Crippen LogP contribution is -2.64. The third-order valence-corrected chi connectivity index (χ3v) is 4.23. The number of rotatable bonds is 2. The number of hydrogen-bond acceptors (Lipinski definition) is 2. The SMILES string of the molecule is CCCN1C(=O)c2ccccc2NC1(C)C(C)(C)C. The molecule has 1 N–H and O–H groups in total. The Morgan fingerprint density at radius 1 is 1.26 bits per heavy atom. The van der Waals surface area contributed by atoms with E-state index in [1.165, 1.54) is 0 Å². The minimum absolute atomic E-state index is 0.0502. The van der Waals surface area contributed by atoms with Crippen molar-refractivity contribution in [3.8, 4) is 0 Å². The zero-order valence-electron chi connectivity index (χ0n) is 12.6. The maximum Gasteiger partial charge on any atom is 0.257 e. The summed E-state index contributed by atoms with van der Waals surface area (Å²) in [6.45, 7) is 11.5. The van der Waals surface area contributed by atoms with Crippen LogP contribution in [0.25, 0.3) is 0 Å². The quantitative estimate of drug-likeness (QED) is 0.878. The van der Waals surface area contributed by atoms with Crippen LogP contribution in [0.2, 0.25) is 0 Å². The number of carbonyl (C=O) groups excluding carboxylic acids is 1. The van der Waals surface area contributed by atoms with Crippen LogP contribution < -0.4 is 5.32 Å². The highest BCUT2D eigenvalue weighted by Crippen LogP contribution is 2.41. The second kappa shape index (κ2) is 4.55. The molecule has 0 radical (unpaired) electrons. The number of benzene rings is 1. The molecule has 1 heterocycles. The number of para-hydroxylation sites is 1. The molecular formula is C16H24N2O. The van der Waals surface area contributed by atoms with Gasteiger partial charge in [-0.25, -0.2) is 0 Å². The minimum Gasteiger partial charge on any atom is -0.362 e. The van der Waals surface area contributed by atoms with E-state index in [0.29, 0.717) is 0 Å². The molecule has 19 heavy (non-hydrogen) atoms. The second-order valence-electron chi connectivity index (χ2n) is 6.45. The molecule has 1 aromatic carbocycles. The van der Waals surface area contributed by atoms with Crippen LogP contribution in [0.3, 0.4) is 0 Å². The zero-order chi connectivity index (χ0) is 14.3. The largest absolute Gasteiger partial charge is 0.362 e. The monoisotopic (exact) mass is 260 g/mol. The Balaban J connectivity index is 2.54. The number of hydrogen-bond donors (Lipinski definition) is 1. The number of amides is 1. The highest BCUT2D eigenvalue weighted by molar-refractivity contribution is 6.02. The van der Waals surface area contributed by atoms with Crippen molar-refractivity contribution in [1.29, 1.82) is 0 Å². The summed E-state index contributed by atoms with van der Waals surface area (Å²) in [5.41, 5.74) is 1.30. The fourth-order valence-corrected chi connectivity index (χ4v) is 2.60. The summed E-state index contributed by atoms with van der Waals surface area (Å²) in [4.78, 5) is 14.7. The highest BCUT2D eigenvalue weighted by atomic mass is 16.2. The molecule has 1 atom stereocenters. The summed E-state index contributed by atoms with van der Waals surface area (Å²) in [6, 6.07) is 7.77. The van der Waals surface area contributed by atoms with Gasteiger partial charge in [-0.1, -0.05) is 39.8 Å². The maximum atomic E-state index is 12.8. The van der Waals surface area contributed by atoms with E-state index < -0.39 is 0 Å². The van der Waals surface area contributed by atoms with Gasteiger partial charge < -0.3 is 10.2 Å². The topological polar surface area (TPSA) is 32.3 Å². The first-order chi connectivity index (χ1) is 8.81. The summed E-state index contributed by atoms with van der Waals surface area (Å²) >= 11 is 0. The molecule has 1 aliphatic heterocycles. The van der Waals surface area contributed by atoms with Crippen LogP contribution >= 0.6 is 0 Å². The predicted octanol–water partition coefficient (Wildman–Crippen LogP) is 3.73. The number of carbonyl (C=O) groups is 1. The molecule has 0 bridgehead atoms. The summed E-state index contributed by atoms with van der Waals surface area (Å²) in [5.74, 6) is 0.133. The lowest BCUT2D eigenvalue weighted by molar-refractivity contribution is 0.0198. The van der Waals surface area contributed by atoms with Crippen LogP contribution in [0.5, 0.6) is 0 Å². The number of fused-ring (bicyclic) bond motifs is 1. The average molecular weight is 260 g/mol. The van der Waals surface area contributed by atoms with Crippen molar-refractivity contribution in [3.63, 3.8) is 0 Å². The predicted molar refractivity (Wildman–Crippen MR) is 79.3 cm³/mol. The number of nitrogens with one attached hydrogen (secondary N) is 1. The van der Waals surface area contributed by atoms with Crippen molar-refractivity contribution in [2.45, 2.75) is 46.7 Å². The molecule has 0 spiro atoms. The molecule has 0 aliphatic carbocycles. The zero-order valence-corrected chi connectivity index (χ0v) is 12.6. The number of nitrogens with zero attached hydrogens (tertiary/aromatic N) is 1. The maximum absolute atomic E-state index is 12.8. The van der Waals surface area contributed by atoms with Gasteiger partial charge in [0.05, 0.1) is 5.56 Å². The Hall–Kier alpha value is -1.51. The average Bonchev–Trinajstić information content (AvgIpc) is 2.33. The van der Waals surface area contributed by atoms with E-state index in [1.807, 2.05) is 29.2 Å². The van der Waals surface area contributed by atoms with E-state index in [0.717, 1.165) is 24.2 Å². The van der Waals surface area contributed by atoms with E-state index in [1.54, 1.807) is 0 Å². The first-order valence-electron chi connectivity index (χ1n) is 7.00. The van der Waals surface area contributed by atoms with E-state index >= 15 is 0 Å². The highest BCUT2D eigenvalue weighted by Gasteiger charge is 2.48. The minimum atomic E-state index is -0.367. The molecule has 0 saturated heterocycles. The Labute approximate surface area is 116 Å². The van der Waals surface area contributed by atoms with Gasteiger partial charge in [-0.3, -0.25) is 4.79 Å². The molecule has 1 unspecified atom stereocenters. The van der Waals surface area contributed by atoms with Crippen molar-refractivity contribution in [1.82, 2.24) is 4.90 Å². The van der Waals surface area contributed by atoms with Crippen LogP contribution in [-0.4, -0.2) is 23.0 Å². The van der Waals surface area contributed by atoms with E-state index in [4.69, 9.17) is 0 Å². The third-order valence-electron chi connectivity index (χ3n) is 4.23. The van der Waals surface area contributed by atoms with Gasteiger partial charge in [0.1, 0.15) is 5.66 Å². The van der Waals surface area contributed by atoms with Crippen LogP contribution in [-0.2, 0) is 0 Å². The number of anilines is 1. The van der Waals surface area contributed by atoms with Gasteiger partial charge in [0.15, 0.2) is 0 Å². The second-order valence-corrected chi connectivity index (χ2v) is 6.45. The summed E-state index contributed by atoms with van der Waals surface area (Å²) in [6.07, 6.45) is 0.960. The molecule has 3 nitrogen and oxygen atoms in total. The molecule has 104 valence electrons. The van der Waals surface area contributed by atoms with Gasteiger partial charge in [0.25, 0.3) is 5.91 Å². The molecule has 0 fully saturated rings. The molecule has 1 aromatic rings. The van der Waals surface area contributed by atoms with Crippen LogP contribution in [0.4, 0.5) is 5.69 Å². The first-order valence-corrected chi connectivity index (χ1v) is 7.00. The molecule has 0 aromatic heterocycles. The van der Waals surface area contributed by atoms with E-state index in [9.17, 15) is 4.79 Å². The molecule has 3 heteroatoms. The normalized spacial score (nSPS) is 23.0.